The SMILES string of the molecule is C=CCNc1nc(NCCC)nc(N2CCC(NC(c3ccc(F)cc3)c3ccc(F)cc3)CC2)n1.Cl.Cl. The fourth-order valence-electron chi connectivity index (χ4n) is 4.24. The third-order valence-corrected chi connectivity index (χ3v) is 6.15. The van der Waals surface area contributed by atoms with Gasteiger partial charge < -0.3 is 20.9 Å². The Balaban J connectivity index is 0.00000253. The van der Waals surface area contributed by atoms with E-state index in [4.69, 9.17) is 0 Å². The highest BCUT2D eigenvalue weighted by molar-refractivity contribution is 5.85. The van der Waals surface area contributed by atoms with Gasteiger partial charge in [-0.15, -0.1) is 31.4 Å². The van der Waals surface area contributed by atoms with Crippen molar-refractivity contribution in [3.05, 3.63) is 83.9 Å². The Bertz CT molecular complexity index is 1080. The highest BCUT2D eigenvalue weighted by Crippen LogP contribution is 2.26. The van der Waals surface area contributed by atoms with Gasteiger partial charge in [-0.3, -0.25) is 0 Å². The Morgan fingerprint density at radius 1 is 0.895 bits per heavy atom. The first-order chi connectivity index (χ1) is 17.6. The van der Waals surface area contributed by atoms with Gasteiger partial charge in [-0.2, -0.15) is 15.0 Å². The van der Waals surface area contributed by atoms with Crippen molar-refractivity contribution in [2.45, 2.75) is 38.3 Å². The zero-order chi connectivity index (χ0) is 25.3. The fraction of sp³-hybridized carbons (Fsp3) is 0.370. The minimum Gasteiger partial charge on any atom is -0.354 e. The van der Waals surface area contributed by atoms with E-state index in [0.717, 1.165) is 50.0 Å². The van der Waals surface area contributed by atoms with Crippen LogP contribution in [0.2, 0.25) is 0 Å². The normalized spacial score (nSPS) is 13.4. The summed E-state index contributed by atoms with van der Waals surface area (Å²) in [7, 11) is 0. The summed E-state index contributed by atoms with van der Waals surface area (Å²) in [6.07, 6.45) is 4.48. The van der Waals surface area contributed by atoms with Crippen LogP contribution in [0.1, 0.15) is 43.4 Å². The van der Waals surface area contributed by atoms with Crippen molar-refractivity contribution in [2.75, 3.05) is 41.7 Å². The zero-order valence-electron chi connectivity index (χ0n) is 21.4. The molecule has 1 aliphatic rings. The number of anilines is 3. The Labute approximate surface area is 235 Å². The Morgan fingerprint density at radius 2 is 1.42 bits per heavy atom. The molecule has 0 saturated carbocycles. The van der Waals surface area contributed by atoms with E-state index < -0.39 is 0 Å². The van der Waals surface area contributed by atoms with Gasteiger partial charge in [0.25, 0.3) is 0 Å². The number of aromatic nitrogens is 3. The molecule has 11 heteroatoms. The van der Waals surface area contributed by atoms with Crippen molar-refractivity contribution in [1.29, 1.82) is 0 Å². The smallest absolute Gasteiger partial charge is 0.231 e. The van der Waals surface area contributed by atoms with Gasteiger partial charge in [0.2, 0.25) is 17.8 Å². The molecule has 1 aliphatic heterocycles. The summed E-state index contributed by atoms with van der Waals surface area (Å²) in [6, 6.07) is 13.0. The molecule has 4 rings (SSSR count). The third kappa shape index (κ3) is 8.51. The lowest BCUT2D eigenvalue weighted by Gasteiger charge is -2.35. The monoisotopic (exact) mass is 565 g/mol. The predicted molar refractivity (Wildman–Crippen MR) is 155 cm³/mol. The van der Waals surface area contributed by atoms with Crippen LogP contribution in [0, 0.1) is 11.6 Å². The molecular weight excluding hydrogens is 531 g/mol. The number of halogens is 4. The topological polar surface area (TPSA) is 78.0 Å². The number of nitrogens with zero attached hydrogens (tertiary/aromatic N) is 4. The van der Waals surface area contributed by atoms with Crippen LogP contribution in [0.25, 0.3) is 0 Å². The standard InChI is InChI=1S/C27H33F2N7.2ClH/c1-3-15-30-25-33-26(31-16-4-2)35-27(34-25)36-17-13-23(14-18-36)32-24(19-5-9-21(28)10-6-19)20-7-11-22(29)12-8-20;;/h3,5-12,23-24,32H,1,4,13-18H2,2H3,(H2,30,31,33,34,35);2*1H. The van der Waals surface area contributed by atoms with Gasteiger partial charge in [-0.1, -0.05) is 37.3 Å². The van der Waals surface area contributed by atoms with Crippen molar-refractivity contribution in [3.8, 4) is 0 Å². The third-order valence-electron chi connectivity index (χ3n) is 6.15. The molecule has 0 bridgehead atoms. The highest BCUT2D eigenvalue weighted by Gasteiger charge is 2.25. The minimum atomic E-state index is -0.281. The summed E-state index contributed by atoms with van der Waals surface area (Å²) in [5.41, 5.74) is 1.87. The summed E-state index contributed by atoms with van der Waals surface area (Å²) in [5.74, 6) is 1.16. The van der Waals surface area contributed by atoms with Gasteiger partial charge in [0, 0.05) is 32.2 Å². The van der Waals surface area contributed by atoms with E-state index in [1.807, 2.05) is 0 Å². The van der Waals surface area contributed by atoms with E-state index in [1.165, 1.54) is 24.3 Å². The van der Waals surface area contributed by atoms with Crippen molar-refractivity contribution >= 4 is 42.7 Å². The maximum atomic E-state index is 13.6. The first-order valence-electron chi connectivity index (χ1n) is 12.4. The van der Waals surface area contributed by atoms with Gasteiger partial charge in [-0.05, 0) is 54.7 Å². The molecule has 2 aromatic carbocycles. The van der Waals surface area contributed by atoms with Crippen LogP contribution < -0.4 is 20.9 Å². The Kier molecular flexibility index (Phi) is 12.7. The van der Waals surface area contributed by atoms with E-state index >= 15 is 0 Å². The van der Waals surface area contributed by atoms with Crippen LogP contribution in [0.15, 0.2) is 61.2 Å². The zero-order valence-corrected chi connectivity index (χ0v) is 23.0. The lowest BCUT2D eigenvalue weighted by Crippen LogP contribution is -2.44. The average Bonchev–Trinajstić information content (AvgIpc) is 2.91. The molecule has 3 N–H and O–H groups in total. The molecule has 38 heavy (non-hydrogen) atoms. The summed E-state index contributed by atoms with van der Waals surface area (Å²) >= 11 is 0. The lowest BCUT2D eigenvalue weighted by atomic mass is 9.95. The minimum absolute atomic E-state index is 0. The highest BCUT2D eigenvalue weighted by atomic mass is 35.5. The number of piperidine rings is 1. The molecule has 2 heterocycles. The Morgan fingerprint density at radius 3 is 1.92 bits per heavy atom. The van der Waals surface area contributed by atoms with E-state index in [0.29, 0.717) is 24.4 Å². The summed E-state index contributed by atoms with van der Waals surface area (Å²) in [4.78, 5) is 15.9. The molecule has 1 aromatic heterocycles. The molecule has 0 spiro atoms. The summed E-state index contributed by atoms with van der Waals surface area (Å²) < 4.78 is 27.1. The van der Waals surface area contributed by atoms with Crippen molar-refractivity contribution in [1.82, 2.24) is 20.3 Å². The molecule has 0 radical (unpaired) electrons. The second-order valence-corrected chi connectivity index (χ2v) is 8.84. The maximum absolute atomic E-state index is 13.6. The van der Waals surface area contributed by atoms with Gasteiger partial charge in [0.05, 0.1) is 6.04 Å². The molecule has 1 fully saturated rings. The number of hydrogen-bond acceptors (Lipinski definition) is 7. The van der Waals surface area contributed by atoms with E-state index in [-0.39, 0.29) is 48.5 Å². The number of hydrogen-bond donors (Lipinski definition) is 3. The van der Waals surface area contributed by atoms with Crippen LogP contribution >= 0.6 is 24.8 Å². The molecule has 0 atom stereocenters. The van der Waals surface area contributed by atoms with Crippen LogP contribution in [-0.4, -0.2) is 47.2 Å². The predicted octanol–water partition coefficient (Wildman–Crippen LogP) is 5.76. The average molecular weight is 567 g/mol. The van der Waals surface area contributed by atoms with E-state index in [9.17, 15) is 8.78 Å². The van der Waals surface area contributed by atoms with Gasteiger partial charge in [-0.25, -0.2) is 8.78 Å². The maximum Gasteiger partial charge on any atom is 0.231 e. The molecule has 0 amide bonds. The molecule has 1 saturated heterocycles. The van der Waals surface area contributed by atoms with Crippen molar-refractivity contribution in [3.63, 3.8) is 0 Å². The first kappa shape index (κ1) is 31.2. The molecule has 7 nitrogen and oxygen atoms in total. The second-order valence-electron chi connectivity index (χ2n) is 8.84. The second kappa shape index (κ2) is 15.4. The number of rotatable bonds is 11. The molecular formula is C27H35Cl2F2N7. The quantitative estimate of drug-likeness (QED) is 0.255. The number of benzene rings is 2. The largest absolute Gasteiger partial charge is 0.354 e. The van der Waals surface area contributed by atoms with Crippen LogP contribution in [0.5, 0.6) is 0 Å². The van der Waals surface area contributed by atoms with Crippen molar-refractivity contribution < 1.29 is 8.78 Å². The first-order valence-corrected chi connectivity index (χ1v) is 12.4. The van der Waals surface area contributed by atoms with Gasteiger partial charge in [0.15, 0.2) is 0 Å². The van der Waals surface area contributed by atoms with Gasteiger partial charge >= 0.3 is 0 Å². The van der Waals surface area contributed by atoms with Gasteiger partial charge in [0.1, 0.15) is 11.6 Å². The molecule has 0 aliphatic carbocycles. The van der Waals surface area contributed by atoms with Crippen molar-refractivity contribution in [2.24, 2.45) is 0 Å². The molecule has 0 unspecified atom stereocenters. The van der Waals surface area contributed by atoms with Crippen LogP contribution in [0.3, 0.4) is 0 Å². The van der Waals surface area contributed by atoms with Crippen LogP contribution in [-0.2, 0) is 0 Å². The Hall–Kier alpha value is -3.01. The van der Waals surface area contributed by atoms with E-state index in [2.05, 4.69) is 49.3 Å². The summed E-state index contributed by atoms with van der Waals surface area (Å²) in [6.45, 7) is 8.73. The molecule has 206 valence electrons. The fourth-order valence-corrected chi connectivity index (χ4v) is 4.24. The summed E-state index contributed by atoms with van der Waals surface area (Å²) in [5, 5.41) is 10.1. The molecule has 3 aromatic rings. The van der Waals surface area contributed by atoms with E-state index in [1.54, 1.807) is 30.3 Å². The number of nitrogens with one attached hydrogen (secondary N) is 3. The lowest BCUT2D eigenvalue weighted by molar-refractivity contribution is 0.388. The van der Waals surface area contributed by atoms with Crippen LogP contribution in [0.4, 0.5) is 26.6 Å².